The maximum Gasteiger partial charge on any atom is 0.136 e. The van der Waals surface area contributed by atoms with E-state index in [0.29, 0.717) is 0 Å². The molecule has 46 heavy (non-hydrogen) atoms. The predicted molar refractivity (Wildman–Crippen MR) is 199 cm³/mol. The molecule has 2 heteroatoms. The van der Waals surface area contributed by atoms with E-state index in [4.69, 9.17) is 4.42 Å². The molecule has 0 fully saturated rings. The monoisotopic (exact) mass is 600 g/mol. The quantitative estimate of drug-likeness (QED) is 0.142. The van der Waals surface area contributed by atoms with Crippen molar-refractivity contribution in [2.75, 3.05) is 0 Å². The second kappa shape index (κ2) is 8.94. The van der Waals surface area contributed by atoms with Crippen LogP contribution in [-0.4, -0.2) is 0 Å². The molecule has 0 aliphatic heterocycles. The normalized spacial score (nSPS) is 12.3. The number of benzene rings is 9. The van der Waals surface area contributed by atoms with Crippen LogP contribution in [0.4, 0.5) is 0 Å². The summed E-state index contributed by atoms with van der Waals surface area (Å²) in [4.78, 5) is 0. The van der Waals surface area contributed by atoms with E-state index < -0.39 is 0 Å². The molecule has 0 unspecified atom stereocenters. The summed E-state index contributed by atoms with van der Waals surface area (Å²) in [6.45, 7) is 0. The smallest absolute Gasteiger partial charge is 0.136 e. The summed E-state index contributed by atoms with van der Waals surface area (Å²) in [7, 11) is 0. The summed E-state index contributed by atoms with van der Waals surface area (Å²) in [5, 5.41) is 15.2. The van der Waals surface area contributed by atoms with Crippen molar-refractivity contribution in [3.63, 3.8) is 0 Å². The molecule has 0 atom stereocenters. The molecule has 1 nitrogen and oxygen atoms in total. The van der Waals surface area contributed by atoms with E-state index in [0.717, 1.165) is 11.2 Å². The topological polar surface area (TPSA) is 13.1 Å². The second-order valence-electron chi connectivity index (χ2n) is 12.4. The molecule has 0 amide bonds. The highest BCUT2D eigenvalue weighted by Crippen LogP contribution is 2.49. The van der Waals surface area contributed by atoms with Gasteiger partial charge in [-0.25, -0.2) is 0 Å². The van der Waals surface area contributed by atoms with E-state index in [1.165, 1.54) is 96.3 Å². The number of rotatable bonds is 2. The van der Waals surface area contributed by atoms with Crippen molar-refractivity contribution < 1.29 is 4.42 Å². The lowest BCUT2D eigenvalue weighted by molar-refractivity contribution is 0.669. The Morgan fingerprint density at radius 2 is 0.957 bits per heavy atom. The summed E-state index contributed by atoms with van der Waals surface area (Å²) in [6, 6.07) is 53.7. The minimum Gasteiger partial charge on any atom is -0.456 e. The predicted octanol–water partition coefficient (Wildman–Crippen LogP) is 13.3. The van der Waals surface area contributed by atoms with Gasteiger partial charge in [-0.05, 0) is 108 Å². The van der Waals surface area contributed by atoms with Gasteiger partial charge in [0.15, 0.2) is 0 Å². The zero-order valence-corrected chi connectivity index (χ0v) is 25.5. The minimum atomic E-state index is 0.944. The Kier molecular flexibility index (Phi) is 4.78. The third-order valence-corrected chi connectivity index (χ3v) is 11.1. The van der Waals surface area contributed by atoms with Crippen LogP contribution >= 0.6 is 11.3 Å². The van der Waals surface area contributed by atoms with E-state index in [2.05, 4.69) is 146 Å². The zero-order chi connectivity index (χ0) is 29.9. The minimum absolute atomic E-state index is 0.944. The summed E-state index contributed by atoms with van der Waals surface area (Å²) in [6.07, 6.45) is 0. The fraction of sp³-hybridized carbons (Fsp3) is 0. The summed E-state index contributed by atoms with van der Waals surface area (Å²) in [5.74, 6) is 0. The average Bonchev–Trinajstić information content (AvgIpc) is 3.67. The van der Waals surface area contributed by atoms with Crippen molar-refractivity contribution in [3.05, 3.63) is 146 Å². The van der Waals surface area contributed by atoms with Crippen LogP contribution in [-0.2, 0) is 0 Å². The molecule has 0 radical (unpaired) electrons. The van der Waals surface area contributed by atoms with Gasteiger partial charge in [0.1, 0.15) is 11.2 Å². The molecule has 11 rings (SSSR count). The van der Waals surface area contributed by atoms with Gasteiger partial charge in [0.05, 0.1) is 0 Å². The fourth-order valence-corrected chi connectivity index (χ4v) is 9.14. The molecular formula is C44H24OS. The Morgan fingerprint density at radius 1 is 0.370 bits per heavy atom. The van der Waals surface area contributed by atoms with Gasteiger partial charge in [-0.2, -0.15) is 0 Å². The summed E-state index contributed by atoms with van der Waals surface area (Å²) in [5.41, 5.74) is 6.96. The van der Waals surface area contributed by atoms with Crippen LogP contribution in [0.1, 0.15) is 0 Å². The lowest BCUT2D eigenvalue weighted by Crippen LogP contribution is -1.92. The molecule has 0 aliphatic carbocycles. The number of thiophene rings is 1. The number of hydrogen-bond acceptors (Lipinski definition) is 2. The Morgan fingerprint density at radius 3 is 1.72 bits per heavy atom. The first-order valence-corrected chi connectivity index (χ1v) is 16.6. The summed E-state index contributed by atoms with van der Waals surface area (Å²) < 4.78 is 9.00. The van der Waals surface area contributed by atoms with Gasteiger partial charge in [0, 0.05) is 30.9 Å². The lowest BCUT2D eigenvalue weighted by atomic mass is 9.83. The van der Waals surface area contributed by atoms with E-state index in [-0.39, 0.29) is 0 Å². The van der Waals surface area contributed by atoms with Crippen LogP contribution in [0, 0.1) is 0 Å². The van der Waals surface area contributed by atoms with Gasteiger partial charge in [-0.1, -0.05) is 103 Å². The standard InChI is InChI=1S/C44H24OS/c1-2-10-26-24-40-35(21-25(26)9-1)34-22-28(19-20-39(34)46-40)41-29-12-3-5-14-31(29)43(32-15-6-4-13-30(32)41)36-23-27-11-7-17-37-42(27)44-33(36)16-8-18-38(44)45-37/h1-24H. The lowest BCUT2D eigenvalue weighted by Gasteiger charge is -2.19. The van der Waals surface area contributed by atoms with Crippen LogP contribution in [0.25, 0.3) is 107 Å². The van der Waals surface area contributed by atoms with Gasteiger partial charge in [-0.15, -0.1) is 11.3 Å². The van der Waals surface area contributed by atoms with Crippen molar-refractivity contribution in [2.45, 2.75) is 0 Å². The number of hydrogen-bond donors (Lipinski definition) is 0. The van der Waals surface area contributed by atoms with Gasteiger partial charge >= 0.3 is 0 Å². The third-order valence-electron chi connectivity index (χ3n) is 9.97. The molecule has 2 aromatic heterocycles. The van der Waals surface area contributed by atoms with Gasteiger partial charge in [0.2, 0.25) is 0 Å². The Labute approximate surface area is 267 Å². The van der Waals surface area contributed by atoms with Gasteiger partial charge in [-0.3, -0.25) is 0 Å². The van der Waals surface area contributed by atoms with Crippen molar-refractivity contribution >= 4 is 96.5 Å². The molecule has 11 aromatic rings. The average molecular weight is 601 g/mol. The molecule has 0 N–H and O–H groups in total. The van der Waals surface area contributed by atoms with Crippen LogP contribution < -0.4 is 0 Å². The second-order valence-corrected chi connectivity index (χ2v) is 13.5. The zero-order valence-electron chi connectivity index (χ0n) is 24.7. The number of fused-ring (bicyclic) bond motifs is 6. The van der Waals surface area contributed by atoms with E-state index >= 15 is 0 Å². The highest BCUT2D eigenvalue weighted by atomic mass is 32.1. The molecule has 0 saturated heterocycles. The van der Waals surface area contributed by atoms with Crippen LogP contribution in [0.5, 0.6) is 0 Å². The van der Waals surface area contributed by atoms with Gasteiger partial charge < -0.3 is 4.42 Å². The molecule has 0 bridgehead atoms. The first-order valence-electron chi connectivity index (χ1n) is 15.8. The molecular weight excluding hydrogens is 577 g/mol. The van der Waals surface area contributed by atoms with Crippen molar-refractivity contribution in [1.29, 1.82) is 0 Å². The third kappa shape index (κ3) is 3.24. The summed E-state index contributed by atoms with van der Waals surface area (Å²) >= 11 is 1.88. The molecule has 0 saturated carbocycles. The molecule has 0 aliphatic rings. The van der Waals surface area contributed by atoms with Gasteiger partial charge in [0.25, 0.3) is 0 Å². The van der Waals surface area contributed by atoms with E-state index in [1.807, 2.05) is 11.3 Å². The fourth-order valence-electron chi connectivity index (χ4n) is 8.03. The van der Waals surface area contributed by atoms with Crippen LogP contribution in [0.2, 0.25) is 0 Å². The Balaban J connectivity index is 1.26. The molecule has 212 valence electrons. The largest absolute Gasteiger partial charge is 0.456 e. The van der Waals surface area contributed by atoms with Crippen LogP contribution in [0.15, 0.2) is 150 Å². The highest BCUT2D eigenvalue weighted by Gasteiger charge is 2.22. The highest BCUT2D eigenvalue weighted by molar-refractivity contribution is 7.25. The van der Waals surface area contributed by atoms with Crippen molar-refractivity contribution in [2.24, 2.45) is 0 Å². The Bertz CT molecular complexity index is 2970. The van der Waals surface area contributed by atoms with Crippen molar-refractivity contribution in [3.8, 4) is 22.3 Å². The van der Waals surface area contributed by atoms with Crippen LogP contribution in [0.3, 0.4) is 0 Å². The molecule has 2 heterocycles. The molecule has 0 spiro atoms. The molecule has 9 aromatic carbocycles. The first kappa shape index (κ1) is 24.6. The Hall–Kier alpha value is -5.70. The first-order chi connectivity index (χ1) is 22.8. The number of furan rings is 1. The van der Waals surface area contributed by atoms with E-state index in [1.54, 1.807) is 0 Å². The SMILES string of the molecule is c1ccc2cc3c(cc2c1)sc1ccc(-c2c4ccccc4c(-c4cc5cccc6oc7cccc4c7c56)c4ccccc24)cc13. The maximum absolute atomic E-state index is 6.34. The van der Waals surface area contributed by atoms with E-state index in [9.17, 15) is 0 Å². The maximum atomic E-state index is 6.34. The van der Waals surface area contributed by atoms with Crippen molar-refractivity contribution in [1.82, 2.24) is 0 Å².